The van der Waals surface area contributed by atoms with Crippen LogP contribution in [0.1, 0.15) is 30.4 Å². The fourth-order valence-corrected chi connectivity index (χ4v) is 3.54. The first-order chi connectivity index (χ1) is 12.1. The SMILES string of the molecule is CN(CCc1cnn(C)c1)C(=O)[C@H]1CCCCN1Cc1ccccc1. The van der Waals surface area contributed by atoms with Gasteiger partial charge in [0.2, 0.25) is 5.91 Å². The number of amides is 1. The topological polar surface area (TPSA) is 41.4 Å². The van der Waals surface area contributed by atoms with Crippen LogP contribution in [0, 0.1) is 0 Å². The summed E-state index contributed by atoms with van der Waals surface area (Å²) in [6.45, 7) is 2.59. The zero-order chi connectivity index (χ0) is 17.6. The fraction of sp³-hybridized carbons (Fsp3) is 0.500. The van der Waals surface area contributed by atoms with Gasteiger partial charge in [-0.1, -0.05) is 36.8 Å². The molecule has 2 heterocycles. The Labute approximate surface area is 150 Å². The summed E-state index contributed by atoms with van der Waals surface area (Å²) in [4.78, 5) is 17.2. The van der Waals surface area contributed by atoms with Crippen LogP contribution < -0.4 is 0 Å². The van der Waals surface area contributed by atoms with Crippen molar-refractivity contribution in [2.45, 2.75) is 38.3 Å². The van der Waals surface area contributed by atoms with Crippen molar-refractivity contribution in [1.29, 1.82) is 0 Å². The normalized spacial score (nSPS) is 18.2. The van der Waals surface area contributed by atoms with Crippen molar-refractivity contribution in [3.63, 3.8) is 0 Å². The number of carbonyl (C=O) groups excluding carboxylic acids is 1. The third-order valence-corrected chi connectivity index (χ3v) is 5.00. The van der Waals surface area contributed by atoms with E-state index >= 15 is 0 Å². The molecule has 0 aliphatic carbocycles. The van der Waals surface area contributed by atoms with E-state index in [1.165, 1.54) is 17.5 Å². The molecule has 1 aromatic carbocycles. The Morgan fingerprint density at radius 1 is 1.24 bits per heavy atom. The van der Waals surface area contributed by atoms with Crippen molar-refractivity contribution in [3.05, 3.63) is 53.9 Å². The number of likely N-dealkylation sites (tertiary alicyclic amines) is 1. The van der Waals surface area contributed by atoms with Gasteiger partial charge in [-0.15, -0.1) is 0 Å². The molecule has 1 amide bonds. The summed E-state index contributed by atoms with van der Waals surface area (Å²) in [6.07, 6.45) is 8.01. The molecule has 1 saturated heterocycles. The summed E-state index contributed by atoms with van der Waals surface area (Å²) in [5.74, 6) is 0.250. The smallest absolute Gasteiger partial charge is 0.239 e. The fourth-order valence-electron chi connectivity index (χ4n) is 3.54. The van der Waals surface area contributed by atoms with Gasteiger partial charge in [-0.3, -0.25) is 14.4 Å². The van der Waals surface area contributed by atoms with Crippen LogP contribution in [0.15, 0.2) is 42.7 Å². The molecule has 0 saturated carbocycles. The highest BCUT2D eigenvalue weighted by Crippen LogP contribution is 2.21. The summed E-state index contributed by atoms with van der Waals surface area (Å²) >= 11 is 0. The number of rotatable bonds is 6. The Hall–Kier alpha value is -2.14. The predicted molar refractivity (Wildman–Crippen MR) is 99.0 cm³/mol. The van der Waals surface area contributed by atoms with Crippen LogP contribution in [0.4, 0.5) is 0 Å². The van der Waals surface area contributed by atoms with Crippen molar-refractivity contribution >= 4 is 5.91 Å². The van der Waals surface area contributed by atoms with Gasteiger partial charge in [0.15, 0.2) is 0 Å². The molecule has 25 heavy (non-hydrogen) atoms. The lowest BCUT2D eigenvalue weighted by Gasteiger charge is -2.36. The summed E-state index contributed by atoms with van der Waals surface area (Å²) in [7, 11) is 3.84. The Morgan fingerprint density at radius 3 is 2.76 bits per heavy atom. The summed E-state index contributed by atoms with van der Waals surface area (Å²) in [5, 5.41) is 4.19. The maximum absolute atomic E-state index is 13.0. The summed E-state index contributed by atoms with van der Waals surface area (Å²) in [5.41, 5.74) is 2.45. The molecule has 1 fully saturated rings. The number of likely N-dealkylation sites (N-methyl/N-ethyl adjacent to an activating group) is 1. The highest BCUT2D eigenvalue weighted by atomic mass is 16.2. The van der Waals surface area contributed by atoms with Crippen molar-refractivity contribution in [2.75, 3.05) is 20.1 Å². The first kappa shape index (κ1) is 17.7. The minimum atomic E-state index is 0.00727. The van der Waals surface area contributed by atoms with E-state index in [4.69, 9.17) is 0 Å². The van der Waals surface area contributed by atoms with E-state index in [-0.39, 0.29) is 11.9 Å². The third-order valence-electron chi connectivity index (χ3n) is 5.00. The lowest BCUT2D eigenvalue weighted by Crippen LogP contribution is -2.49. The maximum atomic E-state index is 13.0. The Bertz CT molecular complexity index is 682. The van der Waals surface area contributed by atoms with Gasteiger partial charge in [-0.2, -0.15) is 5.10 Å². The molecule has 0 N–H and O–H groups in total. The molecule has 1 aromatic heterocycles. The van der Waals surface area contributed by atoms with Gasteiger partial charge < -0.3 is 4.90 Å². The zero-order valence-electron chi connectivity index (χ0n) is 15.3. The molecule has 2 aromatic rings. The Balaban J connectivity index is 1.59. The summed E-state index contributed by atoms with van der Waals surface area (Å²) in [6, 6.07) is 10.5. The molecule has 1 atom stereocenters. The van der Waals surface area contributed by atoms with Crippen LogP contribution in [0.2, 0.25) is 0 Å². The largest absolute Gasteiger partial charge is 0.344 e. The van der Waals surface area contributed by atoms with Gasteiger partial charge in [0, 0.05) is 33.4 Å². The van der Waals surface area contributed by atoms with Gasteiger partial charge in [0.1, 0.15) is 0 Å². The molecule has 0 unspecified atom stereocenters. The molecule has 0 bridgehead atoms. The van der Waals surface area contributed by atoms with Crippen molar-refractivity contribution in [2.24, 2.45) is 7.05 Å². The monoisotopic (exact) mass is 340 g/mol. The number of benzene rings is 1. The highest BCUT2D eigenvalue weighted by Gasteiger charge is 2.30. The number of carbonyl (C=O) groups is 1. The van der Waals surface area contributed by atoms with Crippen LogP contribution in [0.3, 0.4) is 0 Å². The second kappa shape index (κ2) is 8.30. The number of nitrogens with zero attached hydrogens (tertiary/aromatic N) is 4. The molecule has 5 nitrogen and oxygen atoms in total. The summed E-state index contributed by atoms with van der Waals surface area (Å²) < 4.78 is 1.81. The first-order valence-electron chi connectivity index (χ1n) is 9.14. The zero-order valence-corrected chi connectivity index (χ0v) is 15.3. The minimum Gasteiger partial charge on any atom is -0.344 e. The Kier molecular flexibility index (Phi) is 5.87. The van der Waals surface area contributed by atoms with Gasteiger partial charge in [-0.05, 0) is 36.9 Å². The van der Waals surface area contributed by atoms with Gasteiger partial charge in [0.05, 0.1) is 12.2 Å². The van der Waals surface area contributed by atoms with E-state index in [2.05, 4.69) is 34.3 Å². The van der Waals surface area contributed by atoms with Crippen LogP contribution in [-0.4, -0.2) is 51.7 Å². The maximum Gasteiger partial charge on any atom is 0.239 e. The quantitative estimate of drug-likeness (QED) is 0.811. The first-order valence-corrected chi connectivity index (χ1v) is 9.14. The molecule has 1 aliphatic rings. The van der Waals surface area contributed by atoms with Gasteiger partial charge in [-0.25, -0.2) is 0 Å². The number of aryl methyl sites for hydroxylation is 1. The van der Waals surface area contributed by atoms with Gasteiger partial charge >= 0.3 is 0 Å². The minimum absolute atomic E-state index is 0.00727. The Morgan fingerprint density at radius 2 is 2.04 bits per heavy atom. The molecule has 0 radical (unpaired) electrons. The van der Waals surface area contributed by atoms with Crippen LogP contribution in [-0.2, 0) is 24.8 Å². The van der Waals surface area contributed by atoms with E-state index in [0.29, 0.717) is 0 Å². The molecular formula is C20H28N4O. The average Bonchev–Trinajstić information content (AvgIpc) is 3.06. The van der Waals surface area contributed by atoms with E-state index in [0.717, 1.165) is 38.9 Å². The van der Waals surface area contributed by atoms with Gasteiger partial charge in [0.25, 0.3) is 0 Å². The van der Waals surface area contributed by atoms with E-state index in [1.54, 1.807) is 4.68 Å². The second-order valence-corrected chi connectivity index (χ2v) is 7.00. The molecule has 5 heteroatoms. The molecule has 1 aliphatic heterocycles. The van der Waals surface area contributed by atoms with Crippen LogP contribution in [0.5, 0.6) is 0 Å². The highest BCUT2D eigenvalue weighted by molar-refractivity contribution is 5.81. The van der Waals surface area contributed by atoms with E-state index in [9.17, 15) is 4.79 Å². The van der Waals surface area contributed by atoms with Crippen molar-refractivity contribution in [3.8, 4) is 0 Å². The van der Waals surface area contributed by atoms with Crippen LogP contribution in [0.25, 0.3) is 0 Å². The third kappa shape index (κ3) is 4.69. The molecule has 0 spiro atoms. The molecule has 3 rings (SSSR count). The molecule has 134 valence electrons. The lowest BCUT2D eigenvalue weighted by molar-refractivity contribution is -0.137. The van der Waals surface area contributed by atoms with E-state index in [1.807, 2.05) is 37.5 Å². The number of aromatic nitrogens is 2. The van der Waals surface area contributed by atoms with Crippen LogP contribution >= 0.6 is 0 Å². The van der Waals surface area contributed by atoms with Crippen molar-refractivity contribution in [1.82, 2.24) is 19.6 Å². The number of hydrogen-bond acceptors (Lipinski definition) is 3. The lowest BCUT2D eigenvalue weighted by atomic mass is 9.99. The van der Waals surface area contributed by atoms with E-state index < -0.39 is 0 Å². The predicted octanol–water partition coefficient (Wildman–Crippen LogP) is 2.48. The second-order valence-electron chi connectivity index (χ2n) is 7.00. The number of piperidine rings is 1. The standard InChI is InChI=1S/C20H28N4O/c1-22(13-11-18-14-21-23(2)15-18)20(25)19-10-6-7-12-24(19)16-17-8-4-3-5-9-17/h3-5,8-9,14-15,19H,6-7,10-13,16H2,1-2H3/t19-/m1/s1. The number of hydrogen-bond donors (Lipinski definition) is 0. The average molecular weight is 340 g/mol. The molecular weight excluding hydrogens is 312 g/mol. The van der Waals surface area contributed by atoms with Crippen molar-refractivity contribution < 1.29 is 4.79 Å².